The highest BCUT2D eigenvalue weighted by molar-refractivity contribution is 7.22. The van der Waals surface area contributed by atoms with Crippen LogP contribution >= 0.6 is 23.7 Å². The van der Waals surface area contributed by atoms with Gasteiger partial charge in [0, 0.05) is 18.5 Å². The topological polar surface area (TPSA) is 58.8 Å². The third-order valence-corrected chi connectivity index (χ3v) is 5.84. The minimum absolute atomic E-state index is 0. The molecule has 0 aliphatic heterocycles. The number of halogens is 1. The number of anilines is 1. The minimum atomic E-state index is -0.203. The van der Waals surface area contributed by atoms with Crippen LogP contribution in [-0.2, 0) is 0 Å². The van der Waals surface area contributed by atoms with Crippen LogP contribution in [0.25, 0.3) is 21.2 Å². The molecule has 0 aliphatic carbocycles. The molecule has 0 saturated carbocycles. The summed E-state index contributed by atoms with van der Waals surface area (Å²) >= 11 is 1.52. The van der Waals surface area contributed by atoms with Crippen molar-refractivity contribution in [1.82, 2.24) is 9.88 Å². The molecule has 164 valence electrons. The van der Waals surface area contributed by atoms with Crippen molar-refractivity contribution in [3.05, 3.63) is 53.8 Å². The predicted molar refractivity (Wildman–Crippen MR) is 129 cm³/mol. The lowest BCUT2D eigenvalue weighted by atomic mass is 10.2. The summed E-state index contributed by atoms with van der Waals surface area (Å²) in [5, 5.41) is 1.52. The quantitative estimate of drug-likeness (QED) is 0.371. The second-order valence-corrected chi connectivity index (χ2v) is 8.45. The van der Waals surface area contributed by atoms with Crippen molar-refractivity contribution in [2.24, 2.45) is 0 Å². The van der Waals surface area contributed by atoms with Gasteiger partial charge in [0.2, 0.25) is 0 Å². The van der Waals surface area contributed by atoms with Crippen molar-refractivity contribution >= 4 is 56.0 Å². The zero-order chi connectivity index (χ0) is 21.3. The molecular weight excluding hydrogens is 434 g/mol. The van der Waals surface area contributed by atoms with Crippen molar-refractivity contribution in [2.45, 2.75) is 13.8 Å². The number of aromatic nitrogens is 1. The molecule has 2 aromatic heterocycles. The van der Waals surface area contributed by atoms with Gasteiger partial charge in [0.1, 0.15) is 0 Å². The van der Waals surface area contributed by atoms with Crippen molar-refractivity contribution in [2.75, 3.05) is 38.7 Å². The summed E-state index contributed by atoms with van der Waals surface area (Å²) < 4.78 is 12.7. The summed E-state index contributed by atoms with van der Waals surface area (Å²) in [4.78, 5) is 21.9. The van der Waals surface area contributed by atoms with Gasteiger partial charge in [-0.15, -0.1) is 12.4 Å². The number of aryl methyl sites for hydroxylation is 1. The summed E-state index contributed by atoms with van der Waals surface area (Å²) in [7, 11) is 3.97. The van der Waals surface area contributed by atoms with Crippen LogP contribution in [0.1, 0.15) is 23.0 Å². The second kappa shape index (κ2) is 9.68. The Labute approximate surface area is 191 Å². The first-order chi connectivity index (χ1) is 14.5. The molecule has 0 spiro atoms. The maximum absolute atomic E-state index is 13.5. The van der Waals surface area contributed by atoms with Crippen LogP contribution in [-0.4, -0.2) is 49.6 Å². The minimum Gasteiger partial charge on any atom is -0.490 e. The summed E-state index contributed by atoms with van der Waals surface area (Å²) in [6.07, 6.45) is 0. The molecule has 0 fully saturated rings. The SMILES string of the molecule is CCOc1cccc2cc(C(=O)N(CCN(C)C)c3nc4ccc(C)cc4s3)oc12.Cl. The number of ether oxygens (including phenoxy) is 1. The Morgan fingerprint density at radius 2 is 1.97 bits per heavy atom. The first kappa shape index (κ1) is 23.1. The molecule has 4 rings (SSSR count). The maximum Gasteiger partial charge on any atom is 0.295 e. The van der Waals surface area contributed by atoms with Crippen molar-refractivity contribution < 1.29 is 13.9 Å². The number of fused-ring (bicyclic) bond motifs is 2. The fourth-order valence-corrected chi connectivity index (χ4v) is 4.35. The van der Waals surface area contributed by atoms with Crippen LogP contribution in [0.5, 0.6) is 5.75 Å². The van der Waals surface area contributed by atoms with Crippen LogP contribution in [0.3, 0.4) is 0 Å². The van der Waals surface area contributed by atoms with E-state index in [-0.39, 0.29) is 24.1 Å². The molecule has 6 nitrogen and oxygen atoms in total. The van der Waals surface area contributed by atoms with E-state index in [9.17, 15) is 4.79 Å². The van der Waals surface area contributed by atoms with Gasteiger partial charge in [-0.1, -0.05) is 29.5 Å². The van der Waals surface area contributed by atoms with Gasteiger partial charge in [0.15, 0.2) is 22.2 Å². The third kappa shape index (κ3) is 4.84. The van der Waals surface area contributed by atoms with Crippen LogP contribution in [0.2, 0.25) is 0 Å². The Balaban J connectivity index is 0.00000272. The number of carbonyl (C=O) groups excluding carboxylic acids is 1. The molecular formula is C23H26ClN3O3S. The molecule has 0 N–H and O–H groups in total. The molecule has 0 atom stereocenters. The summed E-state index contributed by atoms with van der Waals surface area (Å²) in [5.74, 6) is 0.724. The molecule has 0 aliphatic rings. The van der Waals surface area contributed by atoms with Gasteiger partial charge < -0.3 is 14.1 Å². The average Bonchev–Trinajstić information content (AvgIpc) is 3.32. The van der Waals surface area contributed by atoms with Gasteiger partial charge in [0.25, 0.3) is 5.91 Å². The van der Waals surface area contributed by atoms with Crippen molar-refractivity contribution in [3.8, 4) is 5.75 Å². The number of rotatable bonds is 7. The Morgan fingerprint density at radius 3 is 2.71 bits per heavy atom. The second-order valence-electron chi connectivity index (χ2n) is 7.45. The summed E-state index contributed by atoms with van der Waals surface area (Å²) in [6, 6.07) is 13.6. The lowest BCUT2D eigenvalue weighted by molar-refractivity contribution is 0.0960. The zero-order valence-electron chi connectivity index (χ0n) is 18.0. The van der Waals surface area contributed by atoms with E-state index in [0.29, 0.717) is 36.2 Å². The van der Waals surface area contributed by atoms with Crippen LogP contribution < -0.4 is 9.64 Å². The number of hydrogen-bond donors (Lipinski definition) is 0. The lowest BCUT2D eigenvalue weighted by Crippen LogP contribution is -2.36. The smallest absolute Gasteiger partial charge is 0.295 e. The van der Waals surface area contributed by atoms with E-state index in [1.165, 1.54) is 16.9 Å². The molecule has 0 unspecified atom stereocenters. The first-order valence-electron chi connectivity index (χ1n) is 9.95. The van der Waals surface area contributed by atoms with Crippen molar-refractivity contribution in [1.29, 1.82) is 0 Å². The number of nitrogens with zero attached hydrogens (tertiary/aromatic N) is 3. The van der Waals surface area contributed by atoms with Gasteiger partial charge >= 0.3 is 0 Å². The molecule has 2 heterocycles. The maximum atomic E-state index is 13.5. The normalized spacial score (nSPS) is 11.1. The monoisotopic (exact) mass is 459 g/mol. The molecule has 1 amide bonds. The molecule has 8 heteroatoms. The highest BCUT2D eigenvalue weighted by Crippen LogP contribution is 2.33. The van der Waals surface area contributed by atoms with Gasteiger partial charge in [-0.2, -0.15) is 0 Å². The Kier molecular flexibility index (Phi) is 7.20. The van der Waals surface area contributed by atoms with Crippen LogP contribution in [0.4, 0.5) is 5.13 Å². The largest absolute Gasteiger partial charge is 0.490 e. The number of carbonyl (C=O) groups is 1. The third-order valence-electron chi connectivity index (χ3n) is 4.80. The Morgan fingerprint density at radius 1 is 1.16 bits per heavy atom. The number of furan rings is 1. The van der Waals surface area contributed by atoms with Gasteiger partial charge in [-0.25, -0.2) is 4.98 Å². The number of benzene rings is 2. The standard InChI is InChI=1S/C23H25N3O3S.ClH/c1-5-28-18-8-6-7-16-14-19(29-21(16)18)22(27)26(12-11-25(3)4)23-24-17-10-9-15(2)13-20(17)30-23;/h6-10,13-14H,5,11-12H2,1-4H3;1H. The number of likely N-dealkylation sites (N-methyl/N-ethyl adjacent to an activating group) is 1. The number of amides is 1. The molecule has 4 aromatic rings. The fourth-order valence-electron chi connectivity index (χ4n) is 3.26. The van der Waals surface area contributed by atoms with Crippen LogP contribution in [0, 0.1) is 6.92 Å². The van der Waals surface area contributed by atoms with Crippen molar-refractivity contribution in [3.63, 3.8) is 0 Å². The molecule has 0 saturated heterocycles. The Bertz CT molecular complexity index is 1200. The van der Waals surface area contributed by atoms with E-state index in [1.807, 2.05) is 56.3 Å². The summed E-state index contributed by atoms with van der Waals surface area (Å²) in [6.45, 7) is 5.73. The van der Waals surface area contributed by atoms with E-state index in [2.05, 4.69) is 13.0 Å². The Hall–Kier alpha value is -2.61. The van der Waals surface area contributed by atoms with E-state index in [0.717, 1.165) is 15.6 Å². The highest BCUT2D eigenvalue weighted by Gasteiger charge is 2.25. The molecule has 2 aromatic carbocycles. The fraction of sp³-hybridized carbons (Fsp3) is 0.304. The van der Waals surface area contributed by atoms with Gasteiger partial charge in [0.05, 0.1) is 16.8 Å². The van der Waals surface area contributed by atoms with Gasteiger partial charge in [-0.05, 0) is 57.8 Å². The predicted octanol–water partition coefficient (Wildman–Crippen LogP) is 5.38. The summed E-state index contributed by atoms with van der Waals surface area (Å²) in [5.41, 5.74) is 2.66. The van der Waals surface area contributed by atoms with E-state index in [1.54, 1.807) is 11.0 Å². The van der Waals surface area contributed by atoms with E-state index >= 15 is 0 Å². The van der Waals surface area contributed by atoms with Crippen LogP contribution in [0.15, 0.2) is 46.9 Å². The zero-order valence-corrected chi connectivity index (χ0v) is 19.7. The number of thiazole rings is 1. The lowest BCUT2D eigenvalue weighted by Gasteiger charge is -2.20. The first-order valence-corrected chi connectivity index (χ1v) is 10.8. The van der Waals surface area contributed by atoms with E-state index < -0.39 is 0 Å². The highest BCUT2D eigenvalue weighted by atomic mass is 35.5. The average molecular weight is 460 g/mol. The molecule has 0 radical (unpaired) electrons. The molecule has 31 heavy (non-hydrogen) atoms. The number of para-hydroxylation sites is 1. The van der Waals surface area contributed by atoms with Gasteiger partial charge in [-0.3, -0.25) is 9.69 Å². The number of hydrogen-bond acceptors (Lipinski definition) is 6. The molecule has 0 bridgehead atoms. The van der Waals surface area contributed by atoms with E-state index in [4.69, 9.17) is 14.1 Å².